The summed E-state index contributed by atoms with van der Waals surface area (Å²) in [6.07, 6.45) is 2.84. The number of likely N-dealkylation sites (tertiary alicyclic amines) is 1. The van der Waals surface area contributed by atoms with E-state index in [-0.39, 0.29) is 23.6 Å². The van der Waals surface area contributed by atoms with Crippen molar-refractivity contribution in [3.8, 4) is 0 Å². The Morgan fingerprint density at radius 2 is 2.00 bits per heavy atom. The summed E-state index contributed by atoms with van der Waals surface area (Å²) >= 11 is 0. The molecule has 1 unspecified atom stereocenters. The number of nitrogens with one attached hydrogen (secondary N) is 1. The van der Waals surface area contributed by atoms with Gasteiger partial charge in [0.2, 0.25) is 0 Å². The van der Waals surface area contributed by atoms with Crippen LogP contribution in [0.25, 0.3) is 0 Å². The number of rotatable bonds is 5. The van der Waals surface area contributed by atoms with Crippen LogP contribution in [0.4, 0.5) is 13.6 Å². The Balaban J connectivity index is 2.02. The molecule has 1 saturated heterocycles. The molecule has 1 fully saturated rings. The van der Waals surface area contributed by atoms with Gasteiger partial charge >= 0.3 is 6.03 Å². The van der Waals surface area contributed by atoms with Crippen LogP contribution in [0.2, 0.25) is 0 Å². The maximum absolute atomic E-state index is 13.9. The van der Waals surface area contributed by atoms with E-state index in [0.717, 1.165) is 37.5 Å². The molecule has 0 aromatic heterocycles. The van der Waals surface area contributed by atoms with Crippen LogP contribution < -0.4 is 5.32 Å². The summed E-state index contributed by atoms with van der Waals surface area (Å²) in [7, 11) is 0. The van der Waals surface area contributed by atoms with Crippen molar-refractivity contribution in [1.82, 2.24) is 10.2 Å². The van der Waals surface area contributed by atoms with Crippen molar-refractivity contribution in [2.24, 2.45) is 5.41 Å². The van der Waals surface area contributed by atoms with E-state index in [1.807, 2.05) is 13.8 Å². The quantitative estimate of drug-likeness (QED) is 0.860. The van der Waals surface area contributed by atoms with Crippen LogP contribution in [0.3, 0.4) is 0 Å². The Bertz CT molecular complexity index is 566. The minimum atomic E-state index is -0.566. The van der Waals surface area contributed by atoms with Gasteiger partial charge < -0.3 is 15.3 Å². The van der Waals surface area contributed by atoms with Gasteiger partial charge in [0, 0.05) is 25.3 Å². The van der Waals surface area contributed by atoms with Crippen LogP contribution in [0.5, 0.6) is 0 Å². The maximum atomic E-state index is 13.9. The third kappa shape index (κ3) is 4.04. The zero-order chi connectivity index (χ0) is 17.7. The van der Waals surface area contributed by atoms with Crippen molar-refractivity contribution in [3.63, 3.8) is 0 Å². The molecule has 1 heterocycles. The molecule has 2 amide bonds. The lowest BCUT2D eigenvalue weighted by Crippen LogP contribution is -2.49. The lowest BCUT2D eigenvalue weighted by Gasteiger charge is -2.40. The molecule has 0 aliphatic carbocycles. The van der Waals surface area contributed by atoms with Crippen molar-refractivity contribution in [1.29, 1.82) is 0 Å². The van der Waals surface area contributed by atoms with Crippen molar-refractivity contribution in [2.75, 3.05) is 19.7 Å². The van der Waals surface area contributed by atoms with E-state index in [1.54, 1.807) is 4.90 Å². The number of benzene rings is 1. The fraction of sp³-hybridized carbons (Fsp3) is 0.611. The number of urea groups is 1. The Morgan fingerprint density at radius 1 is 1.33 bits per heavy atom. The van der Waals surface area contributed by atoms with Gasteiger partial charge in [-0.3, -0.25) is 0 Å². The lowest BCUT2D eigenvalue weighted by molar-refractivity contribution is 0.0514. The molecule has 1 aliphatic rings. The summed E-state index contributed by atoms with van der Waals surface area (Å²) in [5.41, 5.74) is 0.0661. The molecule has 1 aromatic rings. The first-order valence-electron chi connectivity index (χ1n) is 8.56. The number of amides is 2. The average Bonchev–Trinajstić information content (AvgIpc) is 2.61. The molecule has 24 heavy (non-hydrogen) atoms. The number of carbonyl (C=O) groups is 1. The third-order valence-electron chi connectivity index (χ3n) is 5.24. The zero-order valence-electron chi connectivity index (χ0n) is 14.3. The summed E-state index contributed by atoms with van der Waals surface area (Å²) in [6, 6.07) is 2.44. The topological polar surface area (TPSA) is 52.6 Å². The number of hydrogen-bond acceptors (Lipinski definition) is 2. The Morgan fingerprint density at radius 3 is 2.54 bits per heavy atom. The van der Waals surface area contributed by atoms with Gasteiger partial charge in [-0.15, -0.1) is 0 Å². The van der Waals surface area contributed by atoms with Crippen LogP contribution >= 0.6 is 0 Å². The van der Waals surface area contributed by atoms with Crippen LogP contribution in [0.1, 0.15) is 51.1 Å². The Hall–Kier alpha value is -1.69. The largest absolute Gasteiger partial charge is 0.396 e. The molecule has 2 rings (SSSR count). The van der Waals surface area contributed by atoms with Gasteiger partial charge in [0.05, 0.1) is 6.04 Å². The Kier molecular flexibility index (Phi) is 6.15. The first kappa shape index (κ1) is 18.6. The normalized spacial score (nSPS) is 18.3. The van der Waals surface area contributed by atoms with Gasteiger partial charge in [-0.25, -0.2) is 13.6 Å². The number of hydrogen-bond donors (Lipinski definition) is 2. The summed E-state index contributed by atoms with van der Waals surface area (Å²) in [5, 5.41) is 12.4. The van der Waals surface area contributed by atoms with E-state index in [1.165, 1.54) is 0 Å². The second-order valence-corrected chi connectivity index (χ2v) is 6.57. The fourth-order valence-electron chi connectivity index (χ4n) is 3.23. The summed E-state index contributed by atoms with van der Waals surface area (Å²) in [5.74, 6) is -1.04. The van der Waals surface area contributed by atoms with Crippen molar-refractivity contribution < 1.29 is 18.7 Å². The number of halogens is 2. The standard InChI is InChI=1S/C18H26F2N2O2/c1-3-16(14-11-13(19)5-6-15(14)20)21-17(24)22-9-7-18(4-2,12-23)8-10-22/h5-6,11,16,23H,3-4,7-10,12H2,1-2H3,(H,21,24). The van der Waals surface area contributed by atoms with Crippen LogP contribution in [-0.2, 0) is 0 Å². The SMILES string of the molecule is CCC(NC(=O)N1CCC(CC)(CO)CC1)c1cc(F)ccc1F. The van der Waals surface area contributed by atoms with E-state index in [4.69, 9.17) is 0 Å². The summed E-state index contributed by atoms with van der Waals surface area (Å²) in [6.45, 7) is 5.11. The van der Waals surface area contributed by atoms with Crippen LogP contribution in [-0.4, -0.2) is 35.7 Å². The molecule has 1 aromatic carbocycles. The summed E-state index contributed by atoms with van der Waals surface area (Å²) in [4.78, 5) is 14.1. The zero-order valence-corrected chi connectivity index (χ0v) is 14.3. The lowest BCUT2D eigenvalue weighted by atomic mass is 9.77. The predicted molar refractivity (Wildman–Crippen MR) is 88.5 cm³/mol. The van der Waals surface area contributed by atoms with Crippen molar-refractivity contribution >= 4 is 6.03 Å². The molecule has 6 heteroatoms. The number of aliphatic hydroxyl groups is 1. The molecule has 2 N–H and O–H groups in total. The highest BCUT2D eigenvalue weighted by Gasteiger charge is 2.34. The van der Waals surface area contributed by atoms with Gasteiger partial charge in [0.25, 0.3) is 0 Å². The van der Waals surface area contributed by atoms with Gasteiger partial charge in [-0.05, 0) is 49.3 Å². The first-order valence-corrected chi connectivity index (χ1v) is 8.56. The predicted octanol–water partition coefficient (Wildman–Crippen LogP) is 3.61. The molecule has 0 saturated carbocycles. The average molecular weight is 340 g/mol. The molecule has 4 nitrogen and oxygen atoms in total. The Labute approximate surface area is 141 Å². The van der Waals surface area contributed by atoms with Gasteiger partial charge in [-0.2, -0.15) is 0 Å². The molecule has 0 bridgehead atoms. The second kappa shape index (κ2) is 7.92. The number of aliphatic hydroxyl groups excluding tert-OH is 1. The minimum absolute atomic E-state index is 0.102. The van der Waals surface area contributed by atoms with E-state index < -0.39 is 17.7 Å². The molecule has 134 valence electrons. The highest BCUT2D eigenvalue weighted by Crippen LogP contribution is 2.34. The molecule has 0 radical (unpaired) electrons. The van der Waals surface area contributed by atoms with Crippen LogP contribution in [0.15, 0.2) is 18.2 Å². The molecule has 1 atom stereocenters. The summed E-state index contributed by atoms with van der Waals surface area (Å²) < 4.78 is 27.3. The van der Waals surface area contributed by atoms with E-state index in [2.05, 4.69) is 5.32 Å². The van der Waals surface area contributed by atoms with Gasteiger partial charge in [-0.1, -0.05) is 13.8 Å². The number of nitrogens with zero attached hydrogens (tertiary/aromatic N) is 1. The maximum Gasteiger partial charge on any atom is 0.317 e. The van der Waals surface area contributed by atoms with E-state index >= 15 is 0 Å². The molecule has 0 spiro atoms. The van der Waals surface area contributed by atoms with E-state index in [0.29, 0.717) is 19.5 Å². The van der Waals surface area contributed by atoms with Crippen LogP contribution in [0, 0.1) is 17.0 Å². The van der Waals surface area contributed by atoms with Gasteiger partial charge in [0.15, 0.2) is 0 Å². The van der Waals surface area contributed by atoms with Gasteiger partial charge in [0.1, 0.15) is 11.6 Å². The molecule has 1 aliphatic heterocycles. The molecular weight excluding hydrogens is 314 g/mol. The fourth-order valence-corrected chi connectivity index (χ4v) is 3.23. The smallest absolute Gasteiger partial charge is 0.317 e. The van der Waals surface area contributed by atoms with E-state index in [9.17, 15) is 18.7 Å². The number of carbonyl (C=O) groups excluding carboxylic acids is 1. The van der Waals surface area contributed by atoms with Crippen molar-refractivity contribution in [3.05, 3.63) is 35.4 Å². The monoisotopic (exact) mass is 340 g/mol. The third-order valence-corrected chi connectivity index (χ3v) is 5.24. The number of piperidine rings is 1. The second-order valence-electron chi connectivity index (χ2n) is 6.57. The highest BCUT2D eigenvalue weighted by atomic mass is 19.1. The van der Waals surface area contributed by atoms with Crippen molar-refractivity contribution in [2.45, 2.75) is 45.6 Å². The highest BCUT2D eigenvalue weighted by molar-refractivity contribution is 5.74. The molecular formula is C18H26F2N2O2. The first-order chi connectivity index (χ1) is 11.4. The minimum Gasteiger partial charge on any atom is -0.396 e.